The Hall–Kier alpha value is -4.24. The average molecular weight is 437 g/mol. The van der Waals surface area contributed by atoms with Gasteiger partial charge in [-0.05, 0) is 37.3 Å². The lowest BCUT2D eigenvalue weighted by atomic mass is 10.1. The summed E-state index contributed by atoms with van der Waals surface area (Å²) in [5, 5.41) is 8.26. The van der Waals surface area contributed by atoms with Crippen LogP contribution in [-0.4, -0.2) is 40.9 Å². The van der Waals surface area contributed by atoms with Crippen LogP contribution in [-0.2, 0) is 0 Å². The monoisotopic (exact) mass is 437 g/mol. The molecule has 0 aliphatic heterocycles. The minimum Gasteiger partial charge on any atom is -0.337 e. The van der Waals surface area contributed by atoms with Gasteiger partial charge < -0.3 is 4.98 Å². The molecule has 154 valence electrons. The summed E-state index contributed by atoms with van der Waals surface area (Å²) in [5.41, 5.74) is 5.60. The van der Waals surface area contributed by atoms with Crippen molar-refractivity contribution in [1.29, 1.82) is 0 Å². The maximum atomic E-state index is 11.7. The van der Waals surface area contributed by atoms with E-state index in [1.165, 1.54) is 11.3 Å². The number of imidazole rings is 1. The third-order valence-corrected chi connectivity index (χ3v) is 6.42. The fraction of sp³-hybridized carbons (Fsp3) is 0.0435. The van der Waals surface area contributed by atoms with Crippen LogP contribution in [0.2, 0.25) is 0 Å². The zero-order valence-corrected chi connectivity index (χ0v) is 17.6. The van der Waals surface area contributed by atoms with E-state index in [2.05, 4.69) is 30.1 Å². The first-order valence-electron chi connectivity index (χ1n) is 9.88. The van der Waals surface area contributed by atoms with Crippen molar-refractivity contribution in [2.24, 2.45) is 0 Å². The number of hydrogen-bond acceptors (Lipinski definition) is 7. The summed E-state index contributed by atoms with van der Waals surface area (Å²) >= 11 is 1.42. The molecule has 0 saturated heterocycles. The number of pyridine rings is 3. The van der Waals surface area contributed by atoms with Crippen molar-refractivity contribution in [2.75, 3.05) is 0 Å². The number of thiophene rings is 1. The van der Waals surface area contributed by atoms with Crippen molar-refractivity contribution in [3.8, 4) is 33.2 Å². The topological polar surface area (TPSA) is 113 Å². The smallest absolute Gasteiger partial charge is 0.181 e. The van der Waals surface area contributed by atoms with E-state index in [-0.39, 0.29) is 5.78 Å². The Balaban J connectivity index is 1.49. The highest BCUT2D eigenvalue weighted by molar-refractivity contribution is 7.17. The van der Waals surface area contributed by atoms with E-state index in [1.807, 2.05) is 36.4 Å². The van der Waals surface area contributed by atoms with Gasteiger partial charge in [-0.15, -0.1) is 11.3 Å². The highest BCUT2D eigenvalue weighted by atomic mass is 32.1. The SMILES string of the molecule is CC(=O)c1ccc(-c2nccc3[nH]c(-c4[nH]nc5ncc(-c6cccnc6)cc45)nc23)s1. The molecule has 6 heterocycles. The first-order valence-corrected chi connectivity index (χ1v) is 10.7. The molecule has 0 aliphatic carbocycles. The molecule has 2 N–H and O–H groups in total. The summed E-state index contributed by atoms with van der Waals surface area (Å²) in [4.78, 5) is 34.7. The van der Waals surface area contributed by atoms with Crippen molar-refractivity contribution in [2.45, 2.75) is 6.92 Å². The maximum Gasteiger partial charge on any atom is 0.181 e. The molecule has 6 aromatic rings. The quantitative estimate of drug-likeness (QED) is 0.380. The molecule has 0 radical (unpaired) electrons. The Morgan fingerprint density at radius 1 is 1.03 bits per heavy atom. The molecule has 0 fully saturated rings. The molecule has 8 nitrogen and oxygen atoms in total. The Labute approximate surface area is 185 Å². The average Bonchev–Trinajstić information content (AvgIpc) is 3.56. The molecule has 0 bridgehead atoms. The van der Waals surface area contributed by atoms with E-state index in [4.69, 9.17) is 4.98 Å². The molecule has 0 amide bonds. The first-order chi connectivity index (χ1) is 15.7. The minimum absolute atomic E-state index is 0.0389. The zero-order valence-electron chi connectivity index (χ0n) is 16.8. The number of ketones is 1. The number of aromatic nitrogens is 7. The molecule has 0 unspecified atom stereocenters. The predicted octanol–water partition coefficient (Wildman–Crippen LogP) is 4.89. The number of Topliss-reactive ketones (excluding diaryl/α,β-unsaturated/α-hetero) is 1. The van der Waals surface area contributed by atoms with E-state index in [0.29, 0.717) is 16.3 Å². The second-order valence-corrected chi connectivity index (χ2v) is 8.38. The van der Waals surface area contributed by atoms with Crippen molar-refractivity contribution in [3.05, 3.63) is 66.1 Å². The number of carbonyl (C=O) groups excluding carboxylic acids is 1. The first kappa shape index (κ1) is 18.5. The Bertz CT molecular complexity index is 1610. The summed E-state index contributed by atoms with van der Waals surface area (Å²) in [6.45, 7) is 1.56. The zero-order chi connectivity index (χ0) is 21.7. The highest BCUT2D eigenvalue weighted by Gasteiger charge is 2.17. The van der Waals surface area contributed by atoms with Crippen LogP contribution in [0.1, 0.15) is 16.6 Å². The second kappa shape index (κ2) is 7.17. The summed E-state index contributed by atoms with van der Waals surface area (Å²) in [6.07, 6.45) is 7.07. The lowest BCUT2D eigenvalue weighted by Crippen LogP contribution is -1.85. The van der Waals surface area contributed by atoms with Crippen molar-refractivity contribution in [3.63, 3.8) is 0 Å². The molecule has 0 spiro atoms. The molecular weight excluding hydrogens is 422 g/mol. The number of hydrogen-bond donors (Lipinski definition) is 2. The van der Waals surface area contributed by atoms with Gasteiger partial charge in [0.15, 0.2) is 17.3 Å². The summed E-state index contributed by atoms with van der Waals surface area (Å²) in [5.74, 6) is 0.683. The molecule has 0 atom stereocenters. The van der Waals surface area contributed by atoms with E-state index in [0.717, 1.165) is 43.8 Å². The molecular formula is C23H15N7OS. The fourth-order valence-corrected chi connectivity index (χ4v) is 4.56. The number of fused-ring (bicyclic) bond motifs is 2. The highest BCUT2D eigenvalue weighted by Crippen LogP contribution is 2.34. The Morgan fingerprint density at radius 2 is 1.97 bits per heavy atom. The van der Waals surface area contributed by atoms with Crippen molar-refractivity contribution >= 4 is 39.2 Å². The fourth-order valence-electron chi connectivity index (χ4n) is 3.66. The van der Waals surface area contributed by atoms with Gasteiger partial charge in [0.05, 0.1) is 20.7 Å². The van der Waals surface area contributed by atoms with Gasteiger partial charge in [0.2, 0.25) is 0 Å². The van der Waals surface area contributed by atoms with Crippen LogP contribution >= 0.6 is 11.3 Å². The number of nitrogens with one attached hydrogen (secondary N) is 2. The van der Waals surface area contributed by atoms with Gasteiger partial charge in [0, 0.05) is 35.9 Å². The summed E-state index contributed by atoms with van der Waals surface area (Å²) in [6, 6.07) is 11.5. The van der Waals surface area contributed by atoms with Gasteiger partial charge >= 0.3 is 0 Å². The number of carbonyl (C=O) groups is 1. The van der Waals surface area contributed by atoms with Crippen LogP contribution in [0.4, 0.5) is 0 Å². The lowest BCUT2D eigenvalue weighted by Gasteiger charge is -2.00. The van der Waals surface area contributed by atoms with Gasteiger partial charge in [-0.3, -0.25) is 19.9 Å². The third-order valence-electron chi connectivity index (χ3n) is 5.23. The number of H-pyrrole nitrogens is 2. The van der Waals surface area contributed by atoms with Gasteiger partial charge in [-0.1, -0.05) is 6.07 Å². The summed E-state index contributed by atoms with van der Waals surface area (Å²) in [7, 11) is 0. The lowest BCUT2D eigenvalue weighted by molar-refractivity contribution is 0.102. The Morgan fingerprint density at radius 3 is 2.78 bits per heavy atom. The van der Waals surface area contributed by atoms with Crippen LogP contribution in [0.25, 0.3) is 55.3 Å². The molecule has 32 heavy (non-hydrogen) atoms. The van der Waals surface area contributed by atoms with Gasteiger partial charge in [-0.25, -0.2) is 9.97 Å². The van der Waals surface area contributed by atoms with E-state index in [9.17, 15) is 4.79 Å². The van der Waals surface area contributed by atoms with E-state index in [1.54, 1.807) is 31.7 Å². The number of rotatable bonds is 4. The molecule has 6 rings (SSSR count). The van der Waals surface area contributed by atoms with Crippen LogP contribution in [0, 0.1) is 0 Å². The standard InChI is InChI=1S/C23H15N7OS/c1-12(31)17-4-5-18(32-17)21-20-16(6-8-25-21)27-23(28-20)19-15-9-14(11-26-22(15)30-29-19)13-3-2-7-24-10-13/h2-11H,1H3,(H,27,28)(H,26,29,30). The second-order valence-electron chi connectivity index (χ2n) is 7.30. The van der Waals surface area contributed by atoms with E-state index >= 15 is 0 Å². The molecule has 6 aromatic heterocycles. The van der Waals surface area contributed by atoms with E-state index < -0.39 is 0 Å². The van der Waals surface area contributed by atoms with Crippen molar-refractivity contribution < 1.29 is 4.79 Å². The van der Waals surface area contributed by atoms with Crippen LogP contribution < -0.4 is 0 Å². The third kappa shape index (κ3) is 2.98. The molecule has 0 aliphatic rings. The maximum absolute atomic E-state index is 11.7. The predicted molar refractivity (Wildman–Crippen MR) is 123 cm³/mol. The van der Waals surface area contributed by atoms with Gasteiger partial charge in [-0.2, -0.15) is 5.10 Å². The molecule has 0 saturated carbocycles. The minimum atomic E-state index is 0.0389. The van der Waals surface area contributed by atoms with Crippen LogP contribution in [0.15, 0.2) is 61.2 Å². The normalized spacial score (nSPS) is 11.4. The van der Waals surface area contributed by atoms with Crippen LogP contribution in [0.3, 0.4) is 0 Å². The number of nitrogens with zero attached hydrogens (tertiary/aromatic N) is 5. The molecule has 0 aromatic carbocycles. The number of aromatic amines is 2. The Kier molecular flexibility index (Phi) is 4.15. The largest absolute Gasteiger partial charge is 0.337 e. The van der Waals surface area contributed by atoms with Crippen LogP contribution in [0.5, 0.6) is 0 Å². The molecule has 9 heteroatoms. The van der Waals surface area contributed by atoms with Crippen molar-refractivity contribution in [1.82, 2.24) is 35.1 Å². The summed E-state index contributed by atoms with van der Waals surface area (Å²) < 4.78 is 0. The van der Waals surface area contributed by atoms with Gasteiger partial charge in [0.25, 0.3) is 0 Å². The van der Waals surface area contributed by atoms with Gasteiger partial charge in [0.1, 0.15) is 16.9 Å².